The average molecular weight is 525 g/mol. The maximum Gasteiger partial charge on any atom is 0.294 e. The number of thioether (sulfide) groups is 1. The molecular weight excluding hydrogens is 503 g/mol. The van der Waals surface area contributed by atoms with Crippen molar-refractivity contribution in [1.29, 1.82) is 0 Å². The van der Waals surface area contributed by atoms with E-state index >= 15 is 0 Å². The van der Waals surface area contributed by atoms with Gasteiger partial charge < -0.3 is 10.1 Å². The molecule has 0 bridgehead atoms. The quantitative estimate of drug-likeness (QED) is 0.364. The number of ether oxygens (including phenoxy) is 1. The lowest BCUT2D eigenvalue weighted by atomic mass is 10.1. The van der Waals surface area contributed by atoms with Crippen LogP contribution < -0.4 is 10.1 Å². The first kappa shape index (κ1) is 25.5. The molecule has 0 radical (unpaired) electrons. The van der Waals surface area contributed by atoms with Gasteiger partial charge in [0.2, 0.25) is 5.91 Å². The summed E-state index contributed by atoms with van der Waals surface area (Å²) in [7, 11) is 0. The van der Waals surface area contributed by atoms with E-state index in [1.807, 2.05) is 32.0 Å². The number of nitrogens with zero attached hydrogens (tertiary/aromatic N) is 1. The Bertz CT molecular complexity index is 1350. The summed E-state index contributed by atoms with van der Waals surface area (Å²) in [6, 6.07) is 16.8. The molecule has 1 heterocycles. The Balaban J connectivity index is 1.43. The molecule has 3 amide bonds. The Morgan fingerprint density at radius 2 is 1.78 bits per heavy atom. The van der Waals surface area contributed by atoms with E-state index in [0.717, 1.165) is 27.8 Å². The van der Waals surface area contributed by atoms with Gasteiger partial charge in [-0.25, -0.2) is 4.39 Å². The molecule has 1 fully saturated rings. The lowest BCUT2D eigenvalue weighted by molar-refractivity contribution is -0.127. The Kier molecular flexibility index (Phi) is 7.76. The topological polar surface area (TPSA) is 75.7 Å². The number of imide groups is 1. The van der Waals surface area contributed by atoms with Gasteiger partial charge in [0.1, 0.15) is 24.7 Å². The molecule has 0 aromatic heterocycles. The number of hydrogen-bond acceptors (Lipinski definition) is 5. The number of para-hydroxylation sites is 1. The number of nitrogens with one attached hydrogen (secondary N) is 1. The minimum Gasteiger partial charge on any atom is -0.489 e. The second-order valence-corrected chi connectivity index (χ2v) is 9.54. The molecule has 184 valence electrons. The molecule has 6 nitrogen and oxygen atoms in total. The number of anilines is 1. The molecule has 0 atom stereocenters. The van der Waals surface area contributed by atoms with Crippen LogP contribution in [-0.4, -0.2) is 28.5 Å². The molecule has 1 N–H and O–H groups in total. The van der Waals surface area contributed by atoms with E-state index in [1.165, 1.54) is 12.1 Å². The molecule has 36 heavy (non-hydrogen) atoms. The number of halogens is 2. The fourth-order valence-electron chi connectivity index (χ4n) is 3.64. The van der Waals surface area contributed by atoms with Crippen LogP contribution >= 0.6 is 23.4 Å². The third kappa shape index (κ3) is 5.78. The zero-order valence-electron chi connectivity index (χ0n) is 19.5. The summed E-state index contributed by atoms with van der Waals surface area (Å²) in [5.41, 5.74) is 3.29. The summed E-state index contributed by atoms with van der Waals surface area (Å²) in [5.74, 6) is -1.03. The van der Waals surface area contributed by atoms with Gasteiger partial charge in [-0.15, -0.1) is 0 Å². The molecule has 0 spiro atoms. The van der Waals surface area contributed by atoms with Crippen LogP contribution in [0, 0.1) is 19.7 Å². The number of aryl methyl sites for hydroxylation is 2. The molecule has 9 heteroatoms. The fourth-order valence-corrected chi connectivity index (χ4v) is 4.70. The Hall–Kier alpha value is -3.62. The smallest absolute Gasteiger partial charge is 0.294 e. The Labute approximate surface area is 217 Å². The first-order valence-electron chi connectivity index (χ1n) is 11.0. The Morgan fingerprint density at radius 3 is 2.50 bits per heavy atom. The monoisotopic (exact) mass is 524 g/mol. The van der Waals surface area contributed by atoms with Crippen LogP contribution in [0.25, 0.3) is 6.08 Å². The van der Waals surface area contributed by atoms with Crippen molar-refractivity contribution in [2.24, 2.45) is 0 Å². The van der Waals surface area contributed by atoms with Gasteiger partial charge in [-0.3, -0.25) is 19.3 Å². The van der Waals surface area contributed by atoms with Gasteiger partial charge in [-0.05, 0) is 72.6 Å². The molecule has 3 aromatic rings. The normalized spacial score (nSPS) is 14.4. The van der Waals surface area contributed by atoms with Crippen LogP contribution in [0.4, 0.5) is 14.9 Å². The van der Waals surface area contributed by atoms with Gasteiger partial charge in [-0.1, -0.05) is 48.0 Å². The van der Waals surface area contributed by atoms with E-state index in [2.05, 4.69) is 5.32 Å². The highest BCUT2D eigenvalue weighted by atomic mass is 35.5. The molecule has 0 saturated carbocycles. The van der Waals surface area contributed by atoms with Crippen molar-refractivity contribution in [2.45, 2.75) is 20.5 Å². The molecule has 0 unspecified atom stereocenters. The zero-order valence-corrected chi connectivity index (χ0v) is 21.1. The molecule has 1 saturated heterocycles. The molecular formula is C27H22ClFN2O4S. The summed E-state index contributed by atoms with van der Waals surface area (Å²) in [4.78, 5) is 39.0. The molecule has 0 aliphatic carbocycles. The predicted molar refractivity (Wildman–Crippen MR) is 139 cm³/mol. The van der Waals surface area contributed by atoms with Crippen LogP contribution in [0.5, 0.6) is 5.75 Å². The van der Waals surface area contributed by atoms with E-state index in [1.54, 1.807) is 36.4 Å². The molecule has 3 aromatic carbocycles. The van der Waals surface area contributed by atoms with Crippen molar-refractivity contribution in [3.63, 3.8) is 0 Å². The van der Waals surface area contributed by atoms with Gasteiger partial charge in [0.15, 0.2) is 0 Å². The third-order valence-electron chi connectivity index (χ3n) is 5.52. The minimum absolute atomic E-state index is 0.0685. The van der Waals surface area contributed by atoms with Crippen molar-refractivity contribution >= 4 is 52.2 Å². The molecule has 1 aliphatic rings. The van der Waals surface area contributed by atoms with Crippen LogP contribution in [-0.2, 0) is 16.2 Å². The third-order valence-corrected chi connectivity index (χ3v) is 6.78. The lowest BCUT2D eigenvalue weighted by Gasteiger charge is -2.15. The second kappa shape index (κ2) is 11.0. The van der Waals surface area contributed by atoms with Gasteiger partial charge in [-0.2, -0.15) is 0 Å². The first-order valence-corrected chi connectivity index (χ1v) is 12.2. The van der Waals surface area contributed by atoms with Crippen LogP contribution in [0.15, 0.2) is 65.6 Å². The number of carbonyl (C=O) groups excluding carboxylic acids is 3. The maximum absolute atomic E-state index is 14.0. The van der Waals surface area contributed by atoms with E-state index in [0.29, 0.717) is 17.0 Å². The number of benzene rings is 3. The lowest BCUT2D eigenvalue weighted by Crippen LogP contribution is -2.36. The van der Waals surface area contributed by atoms with Crippen LogP contribution in [0.2, 0.25) is 5.02 Å². The standard InChI is InChI=1S/C27H22ClFN2O4S/c1-16-6-3-7-17(2)25(16)30-24(32)14-31-26(33)23(36-27(31)34)13-18-8-4-9-19(12-18)35-15-20-21(28)10-5-11-22(20)29/h3-13H,14-15H2,1-2H3,(H,30,32)/b23-13+. The summed E-state index contributed by atoms with van der Waals surface area (Å²) in [6.45, 7) is 3.28. The van der Waals surface area contributed by atoms with Crippen molar-refractivity contribution in [1.82, 2.24) is 4.90 Å². The fraction of sp³-hybridized carbons (Fsp3) is 0.148. The van der Waals surface area contributed by atoms with Gasteiger partial charge in [0.05, 0.1) is 9.93 Å². The largest absolute Gasteiger partial charge is 0.489 e. The maximum atomic E-state index is 14.0. The highest BCUT2D eigenvalue weighted by Gasteiger charge is 2.36. The number of amides is 3. The van der Waals surface area contributed by atoms with Crippen molar-refractivity contribution in [3.05, 3.63) is 98.7 Å². The van der Waals surface area contributed by atoms with Gasteiger partial charge in [0.25, 0.3) is 11.1 Å². The van der Waals surface area contributed by atoms with Gasteiger partial charge in [0, 0.05) is 11.3 Å². The zero-order chi connectivity index (χ0) is 25.8. The summed E-state index contributed by atoms with van der Waals surface area (Å²) in [6.07, 6.45) is 1.55. The Morgan fingerprint density at radius 1 is 1.08 bits per heavy atom. The second-order valence-electron chi connectivity index (χ2n) is 8.14. The van der Waals surface area contributed by atoms with E-state index in [-0.39, 0.29) is 28.6 Å². The van der Waals surface area contributed by atoms with Crippen molar-refractivity contribution in [3.8, 4) is 5.75 Å². The van der Waals surface area contributed by atoms with Crippen LogP contribution in [0.3, 0.4) is 0 Å². The highest BCUT2D eigenvalue weighted by Crippen LogP contribution is 2.33. The number of hydrogen-bond donors (Lipinski definition) is 1. The summed E-state index contributed by atoms with van der Waals surface area (Å²) >= 11 is 6.81. The van der Waals surface area contributed by atoms with E-state index in [9.17, 15) is 18.8 Å². The summed E-state index contributed by atoms with van der Waals surface area (Å²) < 4.78 is 19.7. The van der Waals surface area contributed by atoms with Crippen molar-refractivity contribution in [2.75, 3.05) is 11.9 Å². The van der Waals surface area contributed by atoms with E-state index < -0.39 is 22.9 Å². The SMILES string of the molecule is Cc1cccc(C)c1NC(=O)CN1C(=O)S/C(=C/c2cccc(OCc3c(F)cccc3Cl)c2)C1=O. The number of rotatable bonds is 7. The van der Waals surface area contributed by atoms with E-state index in [4.69, 9.17) is 16.3 Å². The number of carbonyl (C=O) groups is 3. The first-order chi connectivity index (χ1) is 17.2. The molecule has 1 aliphatic heterocycles. The summed E-state index contributed by atoms with van der Waals surface area (Å²) in [5, 5.41) is 2.53. The highest BCUT2D eigenvalue weighted by molar-refractivity contribution is 8.18. The average Bonchev–Trinajstić information content (AvgIpc) is 3.09. The minimum atomic E-state index is -0.550. The van der Waals surface area contributed by atoms with Gasteiger partial charge >= 0.3 is 0 Å². The van der Waals surface area contributed by atoms with Crippen LogP contribution in [0.1, 0.15) is 22.3 Å². The predicted octanol–water partition coefficient (Wildman–Crippen LogP) is 6.35. The van der Waals surface area contributed by atoms with Crippen molar-refractivity contribution < 1.29 is 23.5 Å². The molecule has 4 rings (SSSR count).